The van der Waals surface area contributed by atoms with E-state index in [1.807, 2.05) is 12.1 Å². The second kappa shape index (κ2) is 14.8. The number of allylic oxidation sites excluding steroid dienone is 1. The third-order valence-electron chi connectivity index (χ3n) is 11.1. The van der Waals surface area contributed by atoms with Gasteiger partial charge in [0.2, 0.25) is 17.7 Å². The lowest BCUT2D eigenvalue weighted by atomic mass is 9.53. The molecule has 50 heavy (non-hydrogen) atoms. The minimum Gasteiger partial charge on any atom is -0.493 e. The lowest BCUT2D eigenvalue weighted by molar-refractivity contribution is -0.129. The predicted octanol–water partition coefficient (Wildman–Crippen LogP) is 0.640. The van der Waals surface area contributed by atoms with Crippen LogP contribution in [0.3, 0.4) is 0 Å². The molecule has 15 heteroatoms. The molecule has 1 aromatic rings. The molecule has 6 atom stereocenters. The summed E-state index contributed by atoms with van der Waals surface area (Å²) in [5, 5.41) is 8.07. The van der Waals surface area contributed by atoms with Crippen LogP contribution in [0.15, 0.2) is 29.0 Å². The van der Waals surface area contributed by atoms with E-state index in [1.54, 1.807) is 12.0 Å². The normalized spacial score (nSPS) is 26.7. The van der Waals surface area contributed by atoms with Gasteiger partial charge in [-0.2, -0.15) is 0 Å². The van der Waals surface area contributed by atoms with Gasteiger partial charge in [-0.25, -0.2) is 4.79 Å². The summed E-state index contributed by atoms with van der Waals surface area (Å²) in [7, 11) is 3.85. The highest BCUT2D eigenvalue weighted by atomic mass is 16.6. The van der Waals surface area contributed by atoms with Crippen LogP contribution in [0.1, 0.15) is 63.0 Å². The van der Waals surface area contributed by atoms with E-state index in [0.29, 0.717) is 42.9 Å². The minimum atomic E-state index is -0.883. The number of guanidine groups is 1. The molecule has 2 bridgehead atoms. The zero-order valence-electron chi connectivity index (χ0n) is 29.2. The number of amides is 4. The van der Waals surface area contributed by atoms with Crippen molar-refractivity contribution in [3.8, 4) is 11.5 Å². The van der Waals surface area contributed by atoms with Gasteiger partial charge >= 0.3 is 6.09 Å². The van der Waals surface area contributed by atoms with Crippen LogP contribution >= 0.6 is 0 Å². The molecule has 3 heterocycles. The predicted molar refractivity (Wildman–Crippen MR) is 184 cm³/mol. The second-order valence-corrected chi connectivity index (χ2v) is 14.1. The molecule has 1 spiro atoms. The Morgan fingerprint density at radius 3 is 2.74 bits per heavy atom. The Morgan fingerprint density at radius 1 is 1.16 bits per heavy atom. The monoisotopic (exact) mass is 694 g/mol. The number of carbonyl (C=O) groups excluding carboxylic acids is 4. The maximum atomic E-state index is 14.0. The molecule has 6 rings (SSSR count). The Hall–Kier alpha value is -4.53. The van der Waals surface area contributed by atoms with Gasteiger partial charge in [-0.15, -0.1) is 0 Å². The summed E-state index contributed by atoms with van der Waals surface area (Å²) in [6, 6.07) is 3.32. The van der Waals surface area contributed by atoms with Gasteiger partial charge in [0.25, 0.3) is 0 Å². The van der Waals surface area contributed by atoms with Gasteiger partial charge in [0, 0.05) is 43.6 Å². The Kier molecular flexibility index (Phi) is 10.4. The third kappa shape index (κ3) is 6.79. The van der Waals surface area contributed by atoms with Crippen LogP contribution in [0.2, 0.25) is 0 Å². The van der Waals surface area contributed by atoms with Crippen LogP contribution in [-0.4, -0.2) is 111 Å². The summed E-state index contributed by atoms with van der Waals surface area (Å²) >= 11 is 0. The molecule has 0 aromatic heterocycles. The smallest absolute Gasteiger partial charge is 0.415 e. The van der Waals surface area contributed by atoms with E-state index in [4.69, 9.17) is 25.7 Å². The summed E-state index contributed by atoms with van der Waals surface area (Å²) in [5.74, 6) is 1.02. The van der Waals surface area contributed by atoms with Crippen molar-refractivity contribution in [1.82, 2.24) is 25.8 Å². The number of likely N-dealkylation sites (tertiary alicyclic amines) is 2. The highest BCUT2D eigenvalue weighted by Gasteiger charge is 2.65. The van der Waals surface area contributed by atoms with E-state index in [2.05, 4.69) is 39.0 Å². The zero-order valence-corrected chi connectivity index (χ0v) is 29.2. The number of benzene rings is 1. The van der Waals surface area contributed by atoms with Crippen LogP contribution in [-0.2, 0) is 31.0 Å². The standard InChI is InChI=1S/C35H50N8O7/c1-20(44)39-19-28(45)41-24(8-6-14-38-33(36)37)32(46)40-18-22-7-4-5-15-43(22)34(47)49-27-12-10-23-25-17-21-9-11-26(48-3)30-29(21)35(23,31(27)50-30)13-16-42(25)2/h9,11-12,22-25,31H,4-8,10,13-19H2,1-3H3,(H,39,44)(H,40,46)(H,41,45)(H4,36,37,38). The van der Waals surface area contributed by atoms with Gasteiger partial charge < -0.3 is 51.4 Å². The molecule has 5 aliphatic rings. The van der Waals surface area contributed by atoms with Crippen molar-refractivity contribution in [1.29, 1.82) is 0 Å². The van der Waals surface area contributed by atoms with E-state index in [1.165, 1.54) is 18.1 Å². The Labute approximate surface area is 292 Å². The Bertz CT molecular complexity index is 1560. The molecule has 2 aliphatic carbocycles. The molecule has 0 radical (unpaired) electrons. The maximum absolute atomic E-state index is 14.0. The maximum Gasteiger partial charge on any atom is 0.415 e. The van der Waals surface area contributed by atoms with Crippen LogP contribution in [0, 0.1) is 5.92 Å². The first-order valence-electron chi connectivity index (χ1n) is 17.7. The molecule has 2 saturated heterocycles. The molecule has 1 aromatic carbocycles. The molecule has 272 valence electrons. The Balaban J connectivity index is 1.14. The van der Waals surface area contributed by atoms with E-state index < -0.39 is 30.1 Å². The van der Waals surface area contributed by atoms with Crippen LogP contribution in [0.4, 0.5) is 4.79 Å². The van der Waals surface area contributed by atoms with Gasteiger partial charge in [-0.3, -0.25) is 19.4 Å². The number of piperidine rings is 2. The van der Waals surface area contributed by atoms with Gasteiger partial charge in [-0.05, 0) is 88.6 Å². The number of nitrogens with two attached hydrogens (primary N) is 2. The molecule has 6 unspecified atom stereocenters. The average molecular weight is 695 g/mol. The van der Waals surface area contributed by atoms with Crippen LogP contribution in [0.25, 0.3) is 0 Å². The van der Waals surface area contributed by atoms with Crippen LogP contribution in [0.5, 0.6) is 11.5 Å². The van der Waals surface area contributed by atoms with Crippen molar-refractivity contribution in [2.24, 2.45) is 22.4 Å². The number of aliphatic imine (C=N–C) groups is 1. The SMILES string of the molecule is COc1ccc2c3c1OC1C(OC(=O)N4CCCCC4CNC(=O)C(CCCN=C(N)N)NC(=O)CNC(C)=O)=CCC4C(C2)N(C)CCC314. The van der Waals surface area contributed by atoms with Crippen molar-refractivity contribution in [3.63, 3.8) is 0 Å². The number of likely N-dealkylation sites (N-methyl/N-ethyl adjacent to an activating group) is 1. The van der Waals surface area contributed by atoms with E-state index in [0.717, 1.165) is 44.4 Å². The lowest BCUT2D eigenvalue weighted by Crippen LogP contribution is -2.63. The van der Waals surface area contributed by atoms with E-state index in [9.17, 15) is 19.2 Å². The summed E-state index contributed by atoms with van der Waals surface area (Å²) in [5.41, 5.74) is 13.0. The number of nitrogens with one attached hydrogen (secondary N) is 3. The highest BCUT2D eigenvalue weighted by Crippen LogP contribution is 2.63. The third-order valence-corrected chi connectivity index (χ3v) is 11.1. The van der Waals surface area contributed by atoms with Crippen molar-refractivity contribution in [3.05, 3.63) is 35.1 Å². The van der Waals surface area contributed by atoms with Crippen molar-refractivity contribution >= 4 is 29.8 Å². The number of hydrogen-bond donors (Lipinski definition) is 5. The van der Waals surface area contributed by atoms with Crippen molar-refractivity contribution in [2.75, 3.05) is 46.9 Å². The first kappa shape index (κ1) is 35.3. The number of ether oxygens (including phenoxy) is 3. The van der Waals surface area contributed by atoms with Crippen molar-refractivity contribution < 1.29 is 33.4 Å². The van der Waals surface area contributed by atoms with Gasteiger partial charge in [0.15, 0.2) is 23.6 Å². The molecule has 15 nitrogen and oxygen atoms in total. The summed E-state index contributed by atoms with van der Waals surface area (Å²) in [6.45, 7) is 2.94. The molecular formula is C35H50N8O7. The van der Waals surface area contributed by atoms with Gasteiger partial charge in [-0.1, -0.05) is 6.07 Å². The fraction of sp³-hybridized carbons (Fsp3) is 0.629. The minimum absolute atomic E-state index is 0.0591. The Morgan fingerprint density at radius 2 is 1.98 bits per heavy atom. The highest BCUT2D eigenvalue weighted by molar-refractivity contribution is 5.89. The molecule has 2 fully saturated rings. The van der Waals surface area contributed by atoms with E-state index in [-0.39, 0.29) is 49.4 Å². The molecule has 0 saturated carbocycles. The number of rotatable bonds is 12. The molecular weight excluding hydrogens is 644 g/mol. The topological polar surface area (TPSA) is 203 Å². The average Bonchev–Trinajstić information content (AvgIpc) is 3.45. The fourth-order valence-electron chi connectivity index (χ4n) is 8.74. The first-order chi connectivity index (χ1) is 24.0. The summed E-state index contributed by atoms with van der Waals surface area (Å²) in [4.78, 5) is 59.2. The van der Waals surface area contributed by atoms with Crippen molar-refractivity contribution in [2.45, 2.75) is 87.9 Å². The molecule has 7 N–H and O–H groups in total. The second-order valence-electron chi connectivity index (χ2n) is 14.1. The number of carbonyl (C=O) groups is 4. The summed E-state index contributed by atoms with van der Waals surface area (Å²) in [6.07, 6.45) is 6.87. The van der Waals surface area contributed by atoms with E-state index >= 15 is 0 Å². The molecule has 4 amide bonds. The number of methoxy groups -OCH3 is 1. The first-order valence-corrected chi connectivity index (χ1v) is 17.7. The fourth-order valence-corrected chi connectivity index (χ4v) is 8.74. The van der Waals surface area contributed by atoms with Gasteiger partial charge in [0.1, 0.15) is 11.8 Å². The quantitative estimate of drug-likeness (QED) is 0.117. The number of nitrogens with zero attached hydrogens (tertiary/aromatic N) is 3. The van der Waals surface area contributed by atoms with Gasteiger partial charge in [0.05, 0.1) is 19.7 Å². The largest absolute Gasteiger partial charge is 0.493 e. The number of hydrogen-bond acceptors (Lipinski definition) is 9. The summed E-state index contributed by atoms with van der Waals surface area (Å²) < 4.78 is 18.8. The lowest BCUT2D eigenvalue weighted by Gasteiger charge is -2.56. The van der Waals surface area contributed by atoms with Crippen LogP contribution < -0.4 is 36.9 Å². The molecule has 3 aliphatic heterocycles. The zero-order chi connectivity index (χ0) is 35.6.